The van der Waals surface area contributed by atoms with E-state index >= 15 is 0 Å². The van der Waals surface area contributed by atoms with Gasteiger partial charge in [-0.15, -0.1) is 11.8 Å². The standard InChI is InChI=1S/C13H18N2S/c1-2-3-9-14-13-8-10-16-12-7-5-4-6-11(12)15-13/h4-7H,2-3,8-10H2,1H3,(H,14,15). The van der Waals surface area contributed by atoms with Crippen molar-refractivity contribution in [2.75, 3.05) is 17.6 Å². The summed E-state index contributed by atoms with van der Waals surface area (Å²) in [6, 6.07) is 8.46. The molecule has 0 saturated carbocycles. The van der Waals surface area contributed by atoms with Crippen LogP contribution in [-0.4, -0.2) is 18.1 Å². The highest BCUT2D eigenvalue weighted by atomic mass is 32.2. The summed E-state index contributed by atoms with van der Waals surface area (Å²) in [4.78, 5) is 5.96. The summed E-state index contributed by atoms with van der Waals surface area (Å²) < 4.78 is 0. The Morgan fingerprint density at radius 3 is 3.12 bits per heavy atom. The minimum atomic E-state index is 0.950. The number of rotatable bonds is 3. The maximum atomic E-state index is 4.62. The van der Waals surface area contributed by atoms with Crippen LogP contribution in [-0.2, 0) is 0 Å². The van der Waals surface area contributed by atoms with Gasteiger partial charge < -0.3 is 5.32 Å². The molecule has 0 aromatic heterocycles. The Labute approximate surface area is 102 Å². The first-order valence-corrected chi connectivity index (χ1v) is 6.91. The molecule has 1 aliphatic rings. The van der Waals surface area contributed by atoms with E-state index in [1.807, 2.05) is 11.8 Å². The molecule has 2 rings (SSSR count). The summed E-state index contributed by atoms with van der Waals surface area (Å²) in [5.41, 5.74) is 1.21. The molecule has 1 aliphatic heterocycles. The predicted molar refractivity (Wildman–Crippen MR) is 72.6 cm³/mol. The lowest BCUT2D eigenvalue weighted by Crippen LogP contribution is -2.12. The van der Waals surface area contributed by atoms with Crippen molar-refractivity contribution >= 4 is 23.3 Å². The third-order valence-corrected chi connectivity index (χ3v) is 3.65. The number of aliphatic imine (C=N–C) groups is 1. The summed E-state index contributed by atoms with van der Waals surface area (Å²) in [6.07, 6.45) is 3.44. The molecule has 2 nitrogen and oxygen atoms in total. The third kappa shape index (κ3) is 3.01. The van der Waals surface area contributed by atoms with Crippen molar-refractivity contribution in [2.45, 2.75) is 31.1 Å². The Hall–Kier alpha value is -0.960. The molecule has 0 radical (unpaired) electrons. The second-order valence-corrected chi connectivity index (χ2v) is 5.04. The molecule has 1 heterocycles. The number of unbranched alkanes of at least 4 members (excludes halogenated alkanes) is 1. The number of benzene rings is 1. The first kappa shape index (κ1) is 11.5. The van der Waals surface area contributed by atoms with E-state index < -0.39 is 0 Å². The number of fused-ring (bicyclic) bond motifs is 1. The fourth-order valence-electron chi connectivity index (χ4n) is 1.66. The van der Waals surface area contributed by atoms with Crippen molar-refractivity contribution in [3.8, 4) is 0 Å². The van der Waals surface area contributed by atoms with Gasteiger partial charge in [0.2, 0.25) is 0 Å². The van der Waals surface area contributed by atoms with Crippen molar-refractivity contribution in [3.05, 3.63) is 24.3 Å². The number of hydrogen-bond donors (Lipinski definition) is 1. The quantitative estimate of drug-likeness (QED) is 0.805. The van der Waals surface area contributed by atoms with Gasteiger partial charge in [-0.25, -0.2) is 0 Å². The van der Waals surface area contributed by atoms with Gasteiger partial charge in [-0.1, -0.05) is 25.5 Å². The number of thioether (sulfide) groups is 1. The first-order chi connectivity index (χ1) is 7.90. The van der Waals surface area contributed by atoms with Gasteiger partial charge in [-0.2, -0.15) is 0 Å². The molecule has 1 aromatic carbocycles. The van der Waals surface area contributed by atoms with Crippen LogP contribution in [0.5, 0.6) is 0 Å². The highest BCUT2D eigenvalue weighted by molar-refractivity contribution is 7.99. The minimum Gasteiger partial charge on any atom is -0.343 e. The van der Waals surface area contributed by atoms with Crippen molar-refractivity contribution in [1.29, 1.82) is 0 Å². The van der Waals surface area contributed by atoms with Gasteiger partial charge in [-0.05, 0) is 18.6 Å². The van der Waals surface area contributed by atoms with E-state index in [0.717, 1.165) is 24.6 Å². The van der Waals surface area contributed by atoms with Gasteiger partial charge in [0, 0.05) is 23.6 Å². The smallest absolute Gasteiger partial charge is 0.102 e. The molecule has 0 aliphatic carbocycles. The Kier molecular flexibility index (Phi) is 4.28. The third-order valence-electron chi connectivity index (χ3n) is 2.58. The van der Waals surface area contributed by atoms with E-state index in [1.165, 1.54) is 23.4 Å². The number of amidine groups is 1. The van der Waals surface area contributed by atoms with E-state index in [1.54, 1.807) is 0 Å². The zero-order valence-electron chi connectivity index (χ0n) is 9.70. The molecule has 16 heavy (non-hydrogen) atoms. The fraction of sp³-hybridized carbons (Fsp3) is 0.462. The Balaban J connectivity index is 2.07. The number of nitrogens with zero attached hydrogens (tertiary/aromatic N) is 1. The van der Waals surface area contributed by atoms with Crippen LogP contribution < -0.4 is 5.32 Å². The zero-order valence-corrected chi connectivity index (χ0v) is 10.5. The molecule has 0 unspecified atom stereocenters. The average Bonchev–Trinajstić information content (AvgIpc) is 2.51. The van der Waals surface area contributed by atoms with Gasteiger partial charge in [0.05, 0.1) is 5.69 Å². The Morgan fingerprint density at radius 2 is 2.25 bits per heavy atom. The SMILES string of the molecule is CCCCN=C1CCSc2ccccc2N1. The summed E-state index contributed by atoms with van der Waals surface area (Å²) in [5, 5.41) is 3.45. The van der Waals surface area contributed by atoms with Crippen LogP contribution >= 0.6 is 11.8 Å². The molecular weight excluding hydrogens is 216 g/mol. The van der Waals surface area contributed by atoms with Crippen molar-refractivity contribution in [3.63, 3.8) is 0 Å². The number of nitrogens with one attached hydrogen (secondary N) is 1. The lowest BCUT2D eigenvalue weighted by molar-refractivity contribution is 0.806. The second kappa shape index (κ2) is 5.94. The zero-order chi connectivity index (χ0) is 11.2. The maximum absolute atomic E-state index is 4.62. The van der Waals surface area contributed by atoms with Crippen LogP contribution in [0, 0.1) is 0 Å². The molecule has 0 bridgehead atoms. The lowest BCUT2D eigenvalue weighted by Gasteiger charge is -2.07. The predicted octanol–water partition coefficient (Wildman–Crippen LogP) is 3.79. The summed E-state index contributed by atoms with van der Waals surface area (Å²) in [5.74, 6) is 2.26. The molecule has 0 amide bonds. The Morgan fingerprint density at radius 1 is 1.38 bits per heavy atom. The first-order valence-electron chi connectivity index (χ1n) is 5.92. The summed E-state index contributed by atoms with van der Waals surface area (Å²) >= 11 is 1.91. The fourth-order valence-corrected chi connectivity index (χ4v) is 2.63. The van der Waals surface area contributed by atoms with Gasteiger partial charge in [0.15, 0.2) is 0 Å². The molecule has 0 atom stereocenters. The molecule has 1 aromatic rings. The van der Waals surface area contributed by atoms with Crippen LogP contribution in [0.3, 0.4) is 0 Å². The summed E-state index contributed by atoms with van der Waals surface area (Å²) in [7, 11) is 0. The number of anilines is 1. The van der Waals surface area contributed by atoms with E-state index in [-0.39, 0.29) is 0 Å². The molecule has 86 valence electrons. The van der Waals surface area contributed by atoms with Crippen molar-refractivity contribution < 1.29 is 0 Å². The van der Waals surface area contributed by atoms with Gasteiger partial charge in [0.25, 0.3) is 0 Å². The Bertz CT molecular complexity index is 374. The lowest BCUT2D eigenvalue weighted by atomic mass is 10.3. The molecule has 3 heteroatoms. The van der Waals surface area contributed by atoms with E-state index in [0.29, 0.717) is 0 Å². The van der Waals surface area contributed by atoms with Crippen LogP contribution in [0.25, 0.3) is 0 Å². The highest BCUT2D eigenvalue weighted by Gasteiger charge is 2.10. The van der Waals surface area contributed by atoms with Crippen LogP contribution in [0.4, 0.5) is 5.69 Å². The number of para-hydroxylation sites is 1. The summed E-state index contributed by atoms with van der Waals surface area (Å²) in [6.45, 7) is 3.15. The number of hydrogen-bond acceptors (Lipinski definition) is 2. The molecule has 1 N–H and O–H groups in total. The maximum Gasteiger partial charge on any atom is 0.102 e. The van der Waals surface area contributed by atoms with Crippen LogP contribution in [0.2, 0.25) is 0 Å². The minimum absolute atomic E-state index is 0.950. The van der Waals surface area contributed by atoms with Gasteiger partial charge in [0.1, 0.15) is 5.84 Å². The molecule has 0 saturated heterocycles. The van der Waals surface area contributed by atoms with E-state index in [4.69, 9.17) is 0 Å². The normalized spacial score (nSPS) is 17.7. The monoisotopic (exact) mass is 234 g/mol. The van der Waals surface area contributed by atoms with E-state index in [9.17, 15) is 0 Å². The topological polar surface area (TPSA) is 24.4 Å². The van der Waals surface area contributed by atoms with Gasteiger partial charge in [-0.3, -0.25) is 4.99 Å². The average molecular weight is 234 g/mol. The highest BCUT2D eigenvalue weighted by Crippen LogP contribution is 2.30. The molecule has 0 fully saturated rings. The largest absolute Gasteiger partial charge is 0.343 e. The van der Waals surface area contributed by atoms with Crippen molar-refractivity contribution in [2.24, 2.45) is 4.99 Å². The van der Waals surface area contributed by atoms with Crippen molar-refractivity contribution in [1.82, 2.24) is 0 Å². The molecular formula is C13H18N2S. The van der Waals surface area contributed by atoms with Gasteiger partial charge >= 0.3 is 0 Å². The van der Waals surface area contributed by atoms with E-state index in [2.05, 4.69) is 41.5 Å². The second-order valence-electron chi connectivity index (χ2n) is 3.90. The van der Waals surface area contributed by atoms with Crippen LogP contribution in [0.1, 0.15) is 26.2 Å². The van der Waals surface area contributed by atoms with Crippen LogP contribution in [0.15, 0.2) is 34.2 Å². The molecule has 0 spiro atoms.